The van der Waals surface area contributed by atoms with Crippen LogP contribution in [0.2, 0.25) is 0 Å². The van der Waals surface area contributed by atoms with Gasteiger partial charge in [0.2, 0.25) is 10.0 Å². The molecule has 1 aromatic rings. The van der Waals surface area contributed by atoms with Crippen LogP contribution < -0.4 is 16.0 Å². The van der Waals surface area contributed by atoms with Crippen molar-refractivity contribution in [3.63, 3.8) is 0 Å². The van der Waals surface area contributed by atoms with Crippen molar-refractivity contribution in [2.75, 3.05) is 50.4 Å². The Morgan fingerprint density at radius 1 is 1.12 bits per heavy atom. The molecule has 0 atom stereocenters. The van der Waals surface area contributed by atoms with Crippen molar-refractivity contribution < 1.29 is 8.42 Å². The summed E-state index contributed by atoms with van der Waals surface area (Å²) in [6.45, 7) is 9.20. The average molecular weight is 549 g/mol. The Bertz CT molecular complexity index is 985. The summed E-state index contributed by atoms with van der Waals surface area (Å²) in [7, 11) is -3.62. The summed E-state index contributed by atoms with van der Waals surface area (Å²) >= 11 is 16.2. The van der Waals surface area contributed by atoms with Gasteiger partial charge < -0.3 is 16.0 Å². The van der Waals surface area contributed by atoms with E-state index >= 15 is 0 Å². The summed E-state index contributed by atoms with van der Waals surface area (Å²) in [5.41, 5.74) is 8.47. The molecule has 11 heteroatoms. The lowest BCUT2D eigenvalue weighted by molar-refractivity contribution is 0.344. The van der Waals surface area contributed by atoms with Crippen LogP contribution in [0, 0.1) is 0 Å². The Morgan fingerprint density at radius 3 is 2.24 bits per heavy atom. The predicted octanol–water partition coefficient (Wildman–Crippen LogP) is 3.66. The minimum absolute atomic E-state index is 0.246. The van der Waals surface area contributed by atoms with Gasteiger partial charge in [-0.1, -0.05) is 19.9 Å². The van der Waals surface area contributed by atoms with E-state index in [0.717, 1.165) is 50.1 Å². The molecule has 2 fully saturated rings. The zero-order valence-electron chi connectivity index (χ0n) is 19.4. The van der Waals surface area contributed by atoms with E-state index in [4.69, 9.17) is 43.6 Å². The zero-order chi connectivity index (χ0) is 24.4. The van der Waals surface area contributed by atoms with Crippen molar-refractivity contribution >= 4 is 65.4 Å². The number of nitrogens with two attached hydrogens (primary N) is 1. The number of thiol groups is 3. The molecule has 0 aliphatic carbocycles. The van der Waals surface area contributed by atoms with Crippen molar-refractivity contribution in [2.45, 2.75) is 63.4 Å². The van der Waals surface area contributed by atoms with Crippen molar-refractivity contribution in [3.8, 4) is 0 Å². The third-order valence-corrected chi connectivity index (χ3v) is 12.1. The third kappa shape index (κ3) is 5.06. The first-order valence-corrected chi connectivity index (χ1v) is 15.4. The third-order valence-electron chi connectivity index (χ3n) is 6.82. The number of sulfonamides is 1. The Kier molecular flexibility index (Phi) is 9.36. The number of piperidine rings is 1. The number of hydrogen-bond donors (Lipinski definition) is 5. The molecule has 186 valence electrons. The number of piperazine rings is 1. The molecule has 0 aromatic heterocycles. The first-order valence-electron chi connectivity index (χ1n) is 11.4. The summed E-state index contributed by atoms with van der Waals surface area (Å²) < 4.78 is 27.9. The maximum atomic E-state index is 13.7. The van der Waals surface area contributed by atoms with Crippen molar-refractivity contribution in [3.05, 3.63) is 17.8 Å². The fourth-order valence-electron chi connectivity index (χ4n) is 4.78. The van der Waals surface area contributed by atoms with Crippen LogP contribution in [-0.4, -0.2) is 63.0 Å². The van der Waals surface area contributed by atoms with E-state index < -0.39 is 14.8 Å². The molecule has 2 saturated heterocycles. The number of anilines is 1. The smallest absolute Gasteiger partial charge is 0.225 e. The Labute approximate surface area is 219 Å². The van der Waals surface area contributed by atoms with Crippen molar-refractivity contribution in [2.24, 2.45) is 5.73 Å². The van der Waals surface area contributed by atoms with Crippen LogP contribution in [0.15, 0.2) is 31.9 Å². The van der Waals surface area contributed by atoms with E-state index in [1.165, 1.54) is 0 Å². The number of rotatable bonds is 8. The number of thioether (sulfide) groups is 1. The van der Waals surface area contributed by atoms with Gasteiger partial charge in [0.05, 0.1) is 5.69 Å². The number of nitrogens with one attached hydrogen (secondary N) is 1. The van der Waals surface area contributed by atoms with Crippen LogP contribution in [0.5, 0.6) is 0 Å². The topological polar surface area (TPSA) is 78.7 Å². The van der Waals surface area contributed by atoms with Gasteiger partial charge in [0.25, 0.3) is 0 Å². The Morgan fingerprint density at radius 2 is 1.73 bits per heavy atom. The highest BCUT2D eigenvalue weighted by Crippen LogP contribution is 2.46. The minimum atomic E-state index is -3.62. The molecule has 2 aliphatic rings. The molecule has 0 saturated carbocycles. The van der Waals surface area contributed by atoms with Gasteiger partial charge in [-0.25, -0.2) is 8.42 Å². The fourth-order valence-corrected chi connectivity index (χ4v) is 9.19. The number of benzene rings is 1. The van der Waals surface area contributed by atoms with Crippen LogP contribution in [0.25, 0.3) is 0 Å². The molecule has 3 rings (SSSR count). The number of unbranched alkanes of at least 4 members (excludes halogenated alkanes) is 1. The predicted molar refractivity (Wildman–Crippen MR) is 149 cm³/mol. The van der Waals surface area contributed by atoms with Crippen LogP contribution in [0.1, 0.15) is 38.2 Å². The molecule has 0 radical (unpaired) electrons. The van der Waals surface area contributed by atoms with Gasteiger partial charge in [-0.15, -0.1) is 49.6 Å². The van der Waals surface area contributed by atoms with Crippen LogP contribution in [0.3, 0.4) is 0 Å². The molecule has 2 aliphatic heterocycles. The lowest BCUT2D eigenvalue weighted by Crippen LogP contribution is -2.59. The molecular weight excluding hydrogens is 513 g/mol. The van der Waals surface area contributed by atoms with Gasteiger partial charge in [-0.2, -0.15) is 4.31 Å². The van der Waals surface area contributed by atoms with Gasteiger partial charge in [-0.3, -0.25) is 0 Å². The van der Waals surface area contributed by atoms with Crippen molar-refractivity contribution in [1.82, 2.24) is 9.62 Å². The number of nitrogens with zero attached hydrogens (tertiary/aromatic N) is 2. The summed E-state index contributed by atoms with van der Waals surface area (Å²) in [5, 5.41) is 3.23. The monoisotopic (exact) mass is 548 g/mol. The zero-order valence-corrected chi connectivity index (χ0v) is 23.7. The van der Waals surface area contributed by atoms with Gasteiger partial charge in [0.1, 0.15) is 4.75 Å². The van der Waals surface area contributed by atoms with Crippen molar-refractivity contribution in [1.29, 1.82) is 0 Å². The largest absolute Gasteiger partial charge is 0.401 e. The first-order chi connectivity index (χ1) is 15.6. The average Bonchev–Trinajstić information content (AvgIpc) is 2.81. The molecule has 2 heterocycles. The summed E-state index contributed by atoms with van der Waals surface area (Å²) in [5.74, 6) is 0. The van der Waals surface area contributed by atoms with E-state index in [1.807, 2.05) is 6.26 Å². The summed E-state index contributed by atoms with van der Waals surface area (Å²) in [6.07, 6.45) is 6.04. The maximum absolute atomic E-state index is 13.7. The quantitative estimate of drug-likeness (QED) is 0.252. The van der Waals surface area contributed by atoms with Crippen LogP contribution >= 0.6 is 49.6 Å². The molecule has 33 heavy (non-hydrogen) atoms. The summed E-state index contributed by atoms with van der Waals surface area (Å²) in [4.78, 5) is 5.96. The van der Waals surface area contributed by atoms with Gasteiger partial charge in [-0.05, 0) is 50.6 Å². The van der Waals surface area contributed by atoms with Gasteiger partial charge in [0, 0.05) is 51.5 Å². The minimum Gasteiger partial charge on any atom is -0.401 e. The molecule has 0 unspecified atom stereocenters. The van der Waals surface area contributed by atoms with Crippen LogP contribution in [-0.2, 0) is 16.4 Å². The lowest BCUT2D eigenvalue weighted by Gasteiger charge is -2.44. The second-order valence-electron chi connectivity index (χ2n) is 8.67. The first kappa shape index (κ1) is 27.4. The number of hydrogen-bond acceptors (Lipinski definition) is 9. The lowest BCUT2D eigenvalue weighted by atomic mass is 9.94. The van der Waals surface area contributed by atoms with E-state index in [1.54, 1.807) is 16.1 Å². The van der Waals surface area contributed by atoms with E-state index in [0.29, 0.717) is 52.1 Å². The van der Waals surface area contributed by atoms with E-state index in [9.17, 15) is 8.42 Å². The highest BCUT2D eigenvalue weighted by molar-refractivity contribution is 7.99. The molecule has 0 amide bonds. The highest BCUT2D eigenvalue weighted by atomic mass is 32.2. The maximum Gasteiger partial charge on any atom is 0.225 e. The molecule has 0 bridgehead atoms. The fraction of sp³-hybridized carbons (Fsp3) is 0.636. The second kappa shape index (κ2) is 11.3. The summed E-state index contributed by atoms with van der Waals surface area (Å²) in [6, 6.07) is 0. The second-order valence-corrected chi connectivity index (χ2v) is 13.1. The molecule has 0 spiro atoms. The molecule has 1 aromatic carbocycles. The van der Waals surface area contributed by atoms with E-state index in [2.05, 4.69) is 23.7 Å². The van der Waals surface area contributed by atoms with E-state index in [-0.39, 0.29) is 5.70 Å². The molecular formula is C22H36N4O2S5. The normalized spacial score (nSPS) is 19.6. The van der Waals surface area contributed by atoms with Gasteiger partial charge >= 0.3 is 0 Å². The molecule has 6 nitrogen and oxygen atoms in total. The standard InChI is InChI=1S/C22H36N4O2S5/c1-4-5-6-16-18(29)20(31)17(21(32-3)19(16)30)25-11-13-26(14-12-25)33(27,28)22(15(2)23)7-9-24-10-8-22/h24,29-31H,2,4-14,23H2,1,3H3. The Hall–Kier alpha value is -0.170. The Balaban J connectivity index is 1.87. The molecule has 3 N–H and O–H groups in total. The van der Waals surface area contributed by atoms with Gasteiger partial charge in [0.15, 0.2) is 0 Å². The SMILES string of the molecule is C=C(N)C1(S(=O)(=O)N2CCN(c3c(S)c(S)c(CCCC)c(S)c3SC)CC2)CCNCC1. The highest BCUT2D eigenvalue weighted by Gasteiger charge is 2.49. The van der Waals surface area contributed by atoms with Crippen LogP contribution in [0.4, 0.5) is 5.69 Å².